The number of carbonyl (C=O) groups excluding carboxylic acids is 1. The van der Waals surface area contributed by atoms with E-state index in [0.717, 1.165) is 25.7 Å². The first-order chi connectivity index (χ1) is 6.31. The second-order valence-electron chi connectivity index (χ2n) is 3.81. The normalized spacial score (nSPS) is 16.3. The van der Waals surface area contributed by atoms with Crippen molar-refractivity contribution < 1.29 is 4.79 Å². The Labute approximate surface area is 82.9 Å². The number of unbranched alkanes of at least 4 members (excludes halogenated alkanes) is 3. The SMILES string of the molecule is CCCCCC.O=C1CCCCC1. The van der Waals surface area contributed by atoms with Crippen LogP contribution in [0.1, 0.15) is 71.6 Å². The predicted octanol–water partition coefficient (Wildman–Crippen LogP) is 4.11. The summed E-state index contributed by atoms with van der Waals surface area (Å²) >= 11 is 0. The zero-order chi connectivity index (χ0) is 9.94. The molecule has 1 aliphatic carbocycles. The molecule has 0 bridgehead atoms. The number of hydrogen-bond acceptors (Lipinski definition) is 1. The van der Waals surface area contributed by atoms with Crippen LogP contribution in [-0.4, -0.2) is 5.78 Å². The molecule has 1 rings (SSSR count). The van der Waals surface area contributed by atoms with Crippen molar-refractivity contribution in [2.75, 3.05) is 0 Å². The molecule has 0 aromatic rings. The monoisotopic (exact) mass is 184 g/mol. The molecule has 0 atom stereocenters. The van der Waals surface area contributed by atoms with Crippen molar-refractivity contribution >= 4 is 5.78 Å². The predicted molar refractivity (Wildman–Crippen MR) is 57.9 cm³/mol. The number of Topliss-reactive ketones (excluding diaryl/α,β-unsaturated/α-hetero) is 1. The fourth-order valence-electron chi connectivity index (χ4n) is 1.45. The second-order valence-corrected chi connectivity index (χ2v) is 3.81. The van der Waals surface area contributed by atoms with Gasteiger partial charge in [-0.25, -0.2) is 0 Å². The van der Waals surface area contributed by atoms with Gasteiger partial charge in [-0.3, -0.25) is 4.79 Å². The molecule has 1 nitrogen and oxygen atoms in total. The molecule has 0 aliphatic heterocycles. The molecule has 0 amide bonds. The smallest absolute Gasteiger partial charge is 0.132 e. The van der Waals surface area contributed by atoms with E-state index in [2.05, 4.69) is 13.8 Å². The summed E-state index contributed by atoms with van der Waals surface area (Å²) in [4.78, 5) is 10.5. The average Bonchev–Trinajstić information content (AvgIpc) is 2.17. The van der Waals surface area contributed by atoms with E-state index >= 15 is 0 Å². The Bertz CT molecular complexity index is 106. The third kappa shape index (κ3) is 9.59. The lowest BCUT2D eigenvalue weighted by Gasteiger charge is -2.05. The van der Waals surface area contributed by atoms with Gasteiger partial charge in [0.05, 0.1) is 0 Å². The molecular weight excluding hydrogens is 160 g/mol. The lowest BCUT2D eigenvalue weighted by molar-refractivity contribution is -0.120. The van der Waals surface area contributed by atoms with Crippen LogP contribution in [-0.2, 0) is 4.79 Å². The maximum Gasteiger partial charge on any atom is 0.132 e. The maximum atomic E-state index is 10.5. The first-order valence-electron chi connectivity index (χ1n) is 5.83. The highest BCUT2D eigenvalue weighted by atomic mass is 16.1. The van der Waals surface area contributed by atoms with Gasteiger partial charge in [0.1, 0.15) is 5.78 Å². The Morgan fingerprint density at radius 2 is 1.38 bits per heavy atom. The zero-order valence-electron chi connectivity index (χ0n) is 9.27. The van der Waals surface area contributed by atoms with Gasteiger partial charge in [0.2, 0.25) is 0 Å². The van der Waals surface area contributed by atoms with E-state index in [1.807, 2.05) is 0 Å². The molecule has 0 aromatic carbocycles. The average molecular weight is 184 g/mol. The molecule has 0 heterocycles. The summed E-state index contributed by atoms with van der Waals surface area (Å²) < 4.78 is 0. The van der Waals surface area contributed by atoms with Gasteiger partial charge in [-0.05, 0) is 12.8 Å². The van der Waals surface area contributed by atoms with Gasteiger partial charge in [0, 0.05) is 12.8 Å². The zero-order valence-corrected chi connectivity index (χ0v) is 9.27. The topological polar surface area (TPSA) is 17.1 Å². The fraction of sp³-hybridized carbons (Fsp3) is 0.917. The summed E-state index contributed by atoms with van der Waals surface area (Å²) in [5, 5.41) is 0. The summed E-state index contributed by atoms with van der Waals surface area (Å²) in [7, 11) is 0. The molecule has 0 unspecified atom stereocenters. The minimum atomic E-state index is 0.464. The van der Waals surface area contributed by atoms with Crippen LogP contribution >= 0.6 is 0 Å². The number of hydrogen-bond donors (Lipinski definition) is 0. The Hall–Kier alpha value is -0.330. The molecule has 0 spiro atoms. The second kappa shape index (κ2) is 9.76. The first-order valence-corrected chi connectivity index (χ1v) is 5.83. The van der Waals surface area contributed by atoms with E-state index < -0.39 is 0 Å². The van der Waals surface area contributed by atoms with Crippen molar-refractivity contribution in [2.24, 2.45) is 0 Å². The number of rotatable bonds is 3. The van der Waals surface area contributed by atoms with E-state index in [-0.39, 0.29) is 0 Å². The standard InChI is InChI=1S/C6H10O.C6H14/c7-6-4-2-1-3-5-6;1-3-5-6-4-2/h1-5H2;3-6H2,1-2H3. The van der Waals surface area contributed by atoms with E-state index in [4.69, 9.17) is 0 Å². The van der Waals surface area contributed by atoms with Crippen LogP contribution < -0.4 is 0 Å². The Kier molecular flexibility index (Phi) is 9.51. The van der Waals surface area contributed by atoms with Crippen LogP contribution in [0.15, 0.2) is 0 Å². The van der Waals surface area contributed by atoms with E-state index in [1.165, 1.54) is 32.1 Å². The van der Waals surface area contributed by atoms with Gasteiger partial charge >= 0.3 is 0 Å². The summed E-state index contributed by atoms with van der Waals surface area (Å²) in [5.41, 5.74) is 0. The van der Waals surface area contributed by atoms with Crippen molar-refractivity contribution in [1.29, 1.82) is 0 Å². The van der Waals surface area contributed by atoms with Gasteiger partial charge in [0.15, 0.2) is 0 Å². The third-order valence-corrected chi connectivity index (χ3v) is 2.37. The van der Waals surface area contributed by atoms with E-state index in [0.29, 0.717) is 5.78 Å². The molecule has 1 aliphatic rings. The van der Waals surface area contributed by atoms with Gasteiger partial charge in [-0.15, -0.1) is 0 Å². The van der Waals surface area contributed by atoms with Crippen LogP contribution in [0.5, 0.6) is 0 Å². The van der Waals surface area contributed by atoms with Gasteiger partial charge in [-0.2, -0.15) is 0 Å². The van der Waals surface area contributed by atoms with E-state index in [9.17, 15) is 4.79 Å². The van der Waals surface area contributed by atoms with Crippen molar-refractivity contribution in [3.63, 3.8) is 0 Å². The molecule has 1 fully saturated rings. The van der Waals surface area contributed by atoms with Crippen LogP contribution in [0.4, 0.5) is 0 Å². The minimum Gasteiger partial charge on any atom is -0.300 e. The molecule has 1 heteroatoms. The summed E-state index contributed by atoms with van der Waals surface area (Å²) in [6.45, 7) is 4.46. The molecular formula is C12H24O. The van der Waals surface area contributed by atoms with Crippen LogP contribution in [0.2, 0.25) is 0 Å². The quantitative estimate of drug-likeness (QED) is 0.603. The minimum absolute atomic E-state index is 0.464. The Balaban J connectivity index is 0.000000226. The van der Waals surface area contributed by atoms with Crippen molar-refractivity contribution in [1.82, 2.24) is 0 Å². The van der Waals surface area contributed by atoms with E-state index in [1.54, 1.807) is 0 Å². The van der Waals surface area contributed by atoms with Gasteiger partial charge < -0.3 is 0 Å². The highest BCUT2D eigenvalue weighted by molar-refractivity contribution is 5.78. The molecule has 0 radical (unpaired) electrons. The third-order valence-electron chi connectivity index (χ3n) is 2.37. The maximum absolute atomic E-state index is 10.5. The first kappa shape index (κ1) is 12.7. The Morgan fingerprint density at radius 1 is 0.923 bits per heavy atom. The Morgan fingerprint density at radius 3 is 1.62 bits per heavy atom. The molecule has 13 heavy (non-hydrogen) atoms. The van der Waals surface area contributed by atoms with Gasteiger partial charge in [-0.1, -0.05) is 46.0 Å². The van der Waals surface area contributed by atoms with Gasteiger partial charge in [0.25, 0.3) is 0 Å². The molecule has 0 N–H and O–H groups in total. The van der Waals surface area contributed by atoms with Crippen LogP contribution in [0.25, 0.3) is 0 Å². The highest BCUT2D eigenvalue weighted by Crippen LogP contribution is 2.12. The summed E-state index contributed by atoms with van der Waals surface area (Å²) in [6, 6.07) is 0. The molecule has 0 aromatic heterocycles. The van der Waals surface area contributed by atoms with Crippen molar-refractivity contribution in [3.8, 4) is 0 Å². The lowest BCUT2D eigenvalue weighted by atomic mass is 10.00. The fourth-order valence-corrected chi connectivity index (χ4v) is 1.45. The van der Waals surface area contributed by atoms with Crippen molar-refractivity contribution in [2.45, 2.75) is 71.6 Å². The molecule has 1 saturated carbocycles. The highest BCUT2D eigenvalue weighted by Gasteiger charge is 2.05. The lowest BCUT2D eigenvalue weighted by Crippen LogP contribution is -2.02. The summed E-state index contributed by atoms with van der Waals surface area (Å²) in [6.07, 6.45) is 10.8. The number of carbonyl (C=O) groups is 1. The molecule has 0 saturated heterocycles. The molecule has 78 valence electrons. The summed E-state index contributed by atoms with van der Waals surface area (Å²) in [5.74, 6) is 0.464. The van der Waals surface area contributed by atoms with Crippen LogP contribution in [0.3, 0.4) is 0 Å². The largest absolute Gasteiger partial charge is 0.300 e. The van der Waals surface area contributed by atoms with Crippen molar-refractivity contribution in [3.05, 3.63) is 0 Å². The number of ketones is 1. The van der Waals surface area contributed by atoms with Crippen LogP contribution in [0, 0.1) is 0 Å².